The number of ether oxygens (including phenoxy) is 4. The van der Waals surface area contributed by atoms with Crippen molar-refractivity contribution in [3.8, 4) is 0 Å². The number of alkyl halides is 1. The van der Waals surface area contributed by atoms with Crippen molar-refractivity contribution >= 4 is 5.97 Å². The molecule has 0 saturated carbocycles. The normalized spacial score (nSPS) is 46.1. The molecule has 0 aromatic rings. The summed E-state index contributed by atoms with van der Waals surface area (Å²) in [6, 6.07) is 0. The van der Waals surface area contributed by atoms with Gasteiger partial charge in [0.1, 0.15) is 12.2 Å². The van der Waals surface area contributed by atoms with Gasteiger partial charge in [-0.1, -0.05) is 0 Å². The average Bonchev–Trinajstić information content (AvgIpc) is 2.25. The van der Waals surface area contributed by atoms with Crippen LogP contribution in [0.1, 0.15) is 13.8 Å². The topological polar surface area (TPSA) is 74.2 Å². The van der Waals surface area contributed by atoms with Crippen LogP contribution < -0.4 is 0 Å². The Morgan fingerprint density at radius 2 is 2.18 bits per heavy atom. The monoisotopic (exact) mass is 250 g/mol. The fourth-order valence-corrected chi connectivity index (χ4v) is 2.00. The van der Waals surface area contributed by atoms with Crippen LogP contribution in [0.5, 0.6) is 0 Å². The molecule has 98 valence electrons. The van der Waals surface area contributed by atoms with Crippen molar-refractivity contribution in [1.29, 1.82) is 0 Å². The quantitative estimate of drug-likeness (QED) is 0.646. The third kappa shape index (κ3) is 2.57. The number of esters is 1. The van der Waals surface area contributed by atoms with E-state index in [1.165, 1.54) is 6.92 Å². The van der Waals surface area contributed by atoms with Gasteiger partial charge in [0, 0.05) is 6.92 Å². The second-order valence-electron chi connectivity index (χ2n) is 4.09. The summed E-state index contributed by atoms with van der Waals surface area (Å²) in [5, 5.41) is 9.37. The van der Waals surface area contributed by atoms with E-state index in [-0.39, 0.29) is 6.61 Å². The van der Waals surface area contributed by atoms with E-state index in [1.807, 2.05) is 0 Å². The van der Waals surface area contributed by atoms with Crippen LogP contribution in [-0.4, -0.2) is 54.7 Å². The van der Waals surface area contributed by atoms with Gasteiger partial charge in [-0.15, -0.1) is 0 Å². The largest absolute Gasteiger partial charge is 0.456 e. The lowest BCUT2D eigenvalue weighted by atomic mass is 9.99. The molecular formula is C10H15FO6. The number of carbonyl (C=O) groups is 1. The van der Waals surface area contributed by atoms with E-state index in [0.29, 0.717) is 0 Å². The summed E-state index contributed by atoms with van der Waals surface area (Å²) in [4.78, 5) is 10.9. The van der Waals surface area contributed by atoms with Crippen molar-refractivity contribution in [2.75, 3.05) is 6.61 Å². The summed E-state index contributed by atoms with van der Waals surface area (Å²) in [6.45, 7) is 2.99. The van der Waals surface area contributed by atoms with Gasteiger partial charge in [-0.2, -0.15) is 0 Å². The fourth-order valence-electron chi connectivity index (χ4n) is 2.00. The van der Waals surface area contributed by atoms with E-state index in [0.717, 1.165) is 0 Å². The molecule has 2 aliphatic heterocycles. The molecule has 6 nitrogen and oxygen atoms in total. The number of fused-ring (bicyclic) bond motifs is 1. The predicted octanol–water partition coefficient (Wildman–Crippen LogP) is -0.265. The minimum Gasteiger partial charge on any atom is -0.456 e. The summed E-state index contributed by atoms with van der Waals surface area (Å²) >= 11 is 0. The zero-order chi connectivity index (χ0) is 12.6. The molecule has 7 heteroatoms. The van der Waals surface area contributed by atoms with Gasteiger partial charge >= 0.3 is 5.97 Å². The van der Waals surface area contributed by atoms with Crippen LogP contribution in [0.3, 0.4) is 0 Å². The van der Waals surface area contributed by atoms with Crippen molar-refractivity contribution in [2.24, 2.45) is 0 Å². The van der Waals surface area contributed by atoms with Gasteiger partial charge in [0.05, 0.1) is 6.61 Å². The second kappa shape index (κ2) is 4.85. The number of hydrogen-bond donors (Lipinski definition) is 1. The summed E-state index contributed by atoms with van der Waals surface area (Å²) in [5.74, 6) is -0.631. The molecule has 0 spiro atoms. The van der Waals surface area contributed by atoms with E-state index < -0.39 is 43.0 Å². The second-order valence-corrected chi connectivity index (χ2v) is 4.09. The Balaban J connectivity index is 2.14. The van der Waals surface area contributed by atoms with Gasteiger partial charge < -0.3 is 24.1 Å². The summed E-state index contributed by atoms with van der Waals surface area (Å²) in [7, 11) is 0. The van der Waals surface area contributed by atoms with Crippen molar-refractivity contribution in [1.82, 2.24) is 0 Å². The third-order valence-corrected chi connectivity index (χ3v) is 2.74. The number of aliphatic hydroxyl groups is 1. The number of carbonyl (C=O) groups excluding carboxylic acids is 1. The van der Waals surface area contributed by atoms with Crippen molar-refractivity contribution in [3.05, 3.63) is 0 Å². The summed E-state index contributed by atoms with van der Waals surface area (Å²) in [5.41, 5.74) is 0. The standard InChI is InChI=1S/C10H15FO6/c1-4(12)15-9-7(11)10(13)17-6-3-14-5(2)16-8(6)9/h5-10,13H,3H2,1-2H3/t5?,6-,7-,8-,9-,10?/m1/s1. The van der Waals surface area contributed by atoms with Crippen LogP contribution in [0.15, 0.2) is 0 Å². The zero-order valence-corrected chi connectivity index (χ0v) is 9.54. The maximum atomic E-state index is 13.7. The van der Waals surface area contributed by atoms with E-state index in [2.05, 4.69) is 0 Å². The lowest BCUT2D eigenvalue weighted by Gasteiger charge is -2.44. The number of aliphatic hydroxyl groups excluding tert-OH is 1. The molecule has 2 aliphatic rings. The van der Waals surface area contributed by atoms with Crippen molar-refractivity contribution in [2.45, 2.75) is 50.9 Å². The molecule has 2 unspecified atom stereocenters. The summed E-state index contributed by atoms with van der Waals surface area (Å²) in [6.07, 6.45) is -6.57. The smallest absolute Gasteiger partial charge is 0.303 e. The highest BCUT2D eigenvalue weighted by Gasteiger charge is 2.51. The first-order chi connectivity index (χ1) is 7.99. The van der Waals surface area contributed by atoms with Crippen molar-refractivity contribution in [3.63, 3.8) is 0 Å². The van der Waals surface area contributed by atoms with Gasteiger partial charge in [0.25, 0.3) is 0 Å². The molecule has 2 heterocycles. The van der Waals surface area contributed by atoms with E-state index in [1.54, 1.807) is 6.92 Å². The molecule has 0 aromatic heterocycles. The Hall–Kier alpha value is -0.760. The Morgan fingerprint density at radius 3 is 2.82 bits per heavy atom. The van der Waals surface area contributed by atoms with E-state index >= 15 is 0 Å². The molecule has 0 bridgehead atoms. The number of rotatable bonds is 1. The highest BCUT2D eigenvalue weighted by Crippen LogP contribution is 2.30. The molecule has 0 radical (unpaired) electrons. The molecular weight excluding hydrogens is 235 g/mol. The van der Waals surface area contributed by atoms with E-state index in [9.17, 15) is 14.3 Å². The highest BCUT2D eigenvalue weighted by molar-refractivity contribution is 5.66. The Labute approximate surface area is 97.6 Å². The zero-order valence-electron chi connectivity index (χ0n) is 9.54. The average molecular weight is 250 g/mol. The van der Waals surface area contributed by atoms with Gasteiger partial charge in [-0.25, -0.2) is 4.39 Å². The molecule has 0 aliphatic carbocycles. The lowest BCUT2D eigenvalue weighted by molar-refractivity contribution is -0.341. The first-order valence-corrected chi connectivity index (χ1v) is 5.41. The minimum atomic E-state index is -1.83. The van der Waals surface area contributed by atoms with Crippen LogP contribution in [0.25, 0.3) is 0 Å². The van der Waals surface area contributed by atoms with Gasteiger partial charge in [0.2, 0.25) is 0 Å². The molecule has 0 amide bonds. The maximum absolute atomic E-state index is 13.7. The van der Waals surface area contributed by atoms with Crippen LogP contribution in [-0.2, 0) is 23.7 Å². The molecule has 2 rings (SSSR count). The first-order valence-electron chi connectivity index (χ1n) is 5.41. The van der Waals surface area contributed by atoms with E-state index in [4.69, 9.17) is 18.9 Å². The summed E-state index contributed by atoms with van der Waals surface area (Å²) < 4.78 is 34.1. The Morgan fingerprint density at radius 1 is 1.47 bits per heavy atom. The SMILES string of the molecule is CC(=O)O[C@H]1[C@@H]2OC(C)OC[C@H]2OC(O)[C@@H]1F. The van der Waals surface area contributed by atoms with Crippen molar-refractivity contribution < 1.29 is 33.2 Å². The van der Waals surface area contributed by atoms with Gasteiger partial charge in [0.15, 0.2) is 24.9 Å². The number of halogens is 1. The van der Waals surface area contributed by atoms with Crippen LogP contribution >= 0.6 is 0 Å². The molecule has 2 saturated heterocycles. The molecule has 6 atom stereocenters. The van der Waals surface area contributed by atoms with Gasteiger partial charge in [-0.3, -0.25) is 4.79 Å². The van der Waals surface area contributed by atoms with Crippen LogP contribution in [0.2, 0.25) is 0 Å². The predicted molar refractivity (Wildman–Crippen MR) is 51.6 cm³/mol. The molecule has 2 fully saturated rings. The number of hydrogen-bond acceptors (Lipinski definition) is 6. The third-order valence-electron chi connectivity index (χ3n) is 2.74. The first kappa shape index (κ1) is 12.7. The Kier molecular flexibility index (Phi) is 3.62. The van der Waals surface area contributed by atoms with Gasteiger partial charge in [-0.05, 0) is 6.92 Å². The van der Waals surface area contributed by atoms with Crippen LogP contribution in [0.4, 0.5) is 4.39 Å². The maximum Gasteiger partial charge on any atom is 0.303 e. The molecule has 1 N–H and O–H groups in total. The Bertz CT molecular complexity index is 299. The fraction of sp³-hybridized carbons (Fsp3) is 0.900. The highest BCUT2D eigenvalue weighted by atomic mass is 19.1. The molecule has 0 aromatic carbocycles. The van der Waals surface area contributed by atoms with Crippen LogP contribution in [0, 0.1) is 0 Å². The molecule has 17 heavy (non-hydrogen) atoms. The minimum absolute atomic E-state index is 0.160. The lowest BCUT2D eigenvalue weighted by Crippen LogP contribution is -2.62.